The van der Waals surface area contributed by atoms with Crippen molar-refractivity contribution in [3.05, 3.63) is 29.4 Å². The number of carbonyl (C=O) groups excluding carboxylic acids is 1. The van der Waals surface area contributed by atoms with Crippen LogP contribution in [0.5, 0.6) is 0 Å². The van der Waals surface area contributed by atoms with Gasteiger partial charge in [-0.05, 0) is 0 Å². The van der Waals surface area contributed by atoms with Crippen molar-refractivity contribution in [2.75, 3.05) is 44.0 Å². The van der Waals surface area contributed by atoms with E-state index in [0.717, 1.165) is 0 Å². The highest BCUT2D eigenvalue weighted by Gasteiger charge is 2.23. The summed E-state index contributed by atoms with van der Waals surface area (Å²) in [4.78, 5) is 31.3. The van der Waals surface area contributed by atoms with Crippen LogP contribution in [0.15, 0.2) is 18.6 Å². The number of rotatable bonds is 3. The van der Waals surface area contributed by atoms with E-state index in [0.29, 0.717) is 54.2 Å². The number of anilines is 2. The molecule has 0 radical (unpaired) electrons. The summed E-state index contributed by atoms with van der Waals surface area (Å²) in [5.41, 5.74) is 7.42. The van der Waals surface area contributed by atoms with Gasteiger partial charge in [-0.25, -0.2) is 19.9 Å². The molecule has 0 saturated carbocycles. The molecule has 1 saturated heterocycles. The Kier molecular flexibility index (Phi) is 4.50. The van der Waals surface area contributed by atoms with Crippen molar-refractivity contribution in [2.24, 2.45) is 0 Å². The van der Waals surface area contributed by atoms with Crippen LogP contribution in [-0.4, -0.2) is 63.6 Å². The van der Waals surface area contributed by atoms with E-state index in [9.17, 15) is 4.79 Å². The number of imidazole rings is 1. The molecule has 1 aliphatic rings. The first-order chi connectivity index (χ1) is 13.1. The Bertz CT molecular complexity index is 998. The van der Waals surface area contributed by atoms with Crippen molar-refractivity contribution in [1.82, 2.24) is 29.7 Å². The van der Waals surface area contributed by atoms with Gasteiger partial charge in [0.25, 0.3) is 5.91 Å². The number of nitrogens with zero attached hydrogens (tertiary/aromatic N) is 6. The number of halogens is 1. The first kappa shape index (κ1) is 17.4. The van der Waals surface area contributed by atoms with Crippen LogP contribution in [0, 0.1) is 0 Å². The first-order valence-electron chi connectivity index (χ1n) is 8.29. The normalized spacial score (nSPS) is 14.5. The number of nitrogens with one attached hydrogen (secondary N) is 1. The minimum Gasteiger partial charge on any atom is -0.378 e. The van der Waals surface area contributed by atoms with Crippen LogP contribution in [0.3, 0.4) is 0 Å². The molecule has 0 spiro atoms. The van der Waals surface area contributed by atoms with Gasteiger partial charge in [0.15, 0.2) is 11.5 Å². The summed E-state index contributed by atoms with van der Waals surface area (Å²) in [7, 11) is 1.55. The van der Waals surface area contributed by atoms with E-state index < -0.39 is 0 Å². The summed E-state index contributed by atoms with van der Waals surface area (Å²) in [6.45, 7) is 2.48. The lowest BCUT2D eigenvalue weighted by molar-refractivity contribution is 0.0958. The second kappa shape index (κ2) is 6.97. The van der Waals surface area contributed by atoms with Crippen molar-refractivity contribution >= 4 is 34.9 Å². The fourth-order valence-corrected chi connectivity index (χ4v) is 3.15. The lowest BCUT2D eigenvalue weighted by Gasteiger charge is -2.28. The fraction of sp³-hybridized carbons (Fsp3) is 0.312. The number of fused-ring (bicyclic) bond motifs is 1. The predicted octanol–water partition coefficient (Wildman–Crippen LogP) is 0.618. The number of nitrogens with two attached hydrogens (primary N) is 1. The summed E-state index contributed by atoms with van der Waals surface area (Å²) < 4.78 is 7.07. The molecular formula is C16H17ClN8O2. The number of morpholine rings is 1. The van der Waals surface area contributed by atoms with Crippen LogP contribution in [-0.2, 0) is 4.74 Å². The number of amides is 1. The van der Waals surface area contributed by atoms with Crippen molar-refractivity contribution in [1.29, 1.82) is 0 Å². The third kappa shape index (κ3) is 3.13. The Morgan fingerprint density at radius 3 is 2.63 bits per heavy atom. The fourth-order valence-electron chi connectivity index (χ4n) is 2.87. The zero-order valence-electron chi connectivity index (χ0n) is 14.5. The molecule has 0 aliphatic carbocycles. The van der Waals surface area contributed by atoms with Crippen molar-refractivity contribution in [3.8, 4) is 11.3 Å². The van der Waals surface area contributed by atoms with Crippen LogP contribution in [0.1, 0.15) is 10.5 Å². The van der Waals surface area contributed by atoms with Crippen LogP contribution >= 0.6 is 11.6 Å². The SMILES string of the molecule is CNC(=O)c1cn2c(Cl)c(-c3cnc(N)nc3)nc(N3CCOCC3)c2n1. The summed E-state index contributed by atoms with van der Waals surface area (Å²) in [5.74, 6) is 0.471. The monoisotopic (exact) mass is 388 g/mol. The Labute approximate surface area is 159 Å². The van der Waals surface area contributed by atoms with Gasteiger partial charge in [0.05, 0.1) is 13.2 Å². The third-order valence-electron chi connectivity index (χ3n) is 4.25. The van der Waals surface area contributed by atoms with Gasteiger partial charge in [0.1, 0.15) is 16.5 Å². The Morgan fingerprint density at radius 1 is 1.26 bits per heavy atom. The Hall–Kier alpha value is -2.98. The van der Waals surface area contributed by atoms with Crippen LogP contribution in [0.25, 0.3) is 16.9 Å². The van der Waals surface area contributed by atoms with E-state index in [2.05, 4.69) is 25.2 Å². The molecule has 0 aromatic carbocycles. The number of nitrogen functional groups attached to an aromatic ring is 1. The largest absolute Gasteiger partial charge is 0.378 e. The lowest BCUT2D eigenvalue weighted by Crippen LogP contribution is -2.37. The minimum absolute atomic E-state index is 0.161. The molecule has 140 valence electrons. The summed E-state index contributed by atoms with van der Waals surface area (Å²) in [5, 5.41) is 2.87. The van der Waals surface area contributed by atoms with Crippen LogP contribution in [0.2, 0.25) is 5.15 Å². The zero-order valence-corrected chi connectivity index (χ0v) is 15.3. The predicted molar refractivity (Wildman–Crippen MR) is 99.9 cm³/mol. The topological polar surface area (TPSA) is 124 Å². The highest BCUT2D eigenvalue weighted by atomic mass is 35.5. The molecule has 4 heterocycles. The molecule has 0 unspecified atom stereocenters. The van der Waals surface area contributed by atoms with Crippen molar-refractivity contribution in [3.63, 3.8) is 0 Å². The second-order valence-electron chi connectivity index (χ2n) is 5.90. The summed E-state index contributed by atoms with van der Waals surface area (Å²) in [6, 6.07) is 0. The zero-order chi connectivity index (χ0) is 19.0. The van der Waals surface area contributed by atoms with Crippen molar-refractivity contribution in [2.45, 2.75) is 0 Å². The molecule has 0 atom stereocenters. The maximum Gasteiger partial charge on any atom is 0.271 e. The molecule has 0 bridgehead atoms. The number of aromatic nitrogens is 5. The van der Waals surface area contributed by atoms with E-state index in [1.54, 1.807) is 30.0 Å². The number of hydrogen-bond acceptors (Lipinski definition) is 8. The molecule has 27 heavy (non-hydrogen) atoms. The Morgan fingerprint density at radius 2 is 1.96 bits per heavy atom. The van der Waals surface area contributed by atoms with Gasteiger partial charge < -0.3 is 20.7 Å². The number of ether oxygens (including phenoxy) is 1. The smallest absolute Gasteiger partial charge is 0.271 e. The van der Waals surface area contributed by atoms with Crippen LogP contribution < -0.4 is 16.0 Å². The number of hydrogen-bond donors (Lipinski definition) is 2. The van der Waals surface area contributed by atoms with Gasteiger partial charge in [-0.15, -0.1) is 0 Å². The lowest BCUT2D eigenvalue weighted by atomic mass is 10.2. The minimum atomic E-state index is -0.305. The van der Waals surface area contributed by atoms with E-state index >= 15 is 0 Å². The summed E-state index contributed by atoms with van der Waals surface area (Å²) in [6.07, 6.45) is 4.70. The van der Waals surface area contributed by atoms with Gasteiger partial charge in [-0.2, -0.15) is 0 Å². The molecule has 3 aromatic heterocycles. The van der Waals surface area contributed by atoms with Gasteiger partial charge in [-0.1, -0.05) is 11.6 Å². The Balaban J connectivity index is 1.94. The summed E-state index contributed by atoms with van der Waals surface area (Å²) >= 11 is 6.59. The first-order valence-corrected chi connectivity index (χ1v) is 8.67. The average Bonchev–Trinajstić information content (AvgIpc) is 3.15. The molecule has 10 nitrogen and oxygen atoms in total. The van der Waals surface area contributed by atoms with Gasteiger partial charge in [-0.3, -0.25) is 9.20 Å². The van der Waals surface area contributed by atoms with Crippen LogP contribution in [0.4, 0.5) is 11.8 Å². The van der Waals surface area contributed by atoms with E-state index in [1.165, 1.54) is 0 Å². The highest BCUT2D eigenvalue weighted by molar-refractivity contribution is 6.32. The molecule has 3 N–H and O–H groups in total. The number of carbonyl (C=O) groups is 1. The molecule has 1 amide bonds. The molecular weight excluding hydrogens is 372 g/mol. The molecule has 1 fully saturated rings. The average molecular weight is 389 g/mol. The van der Waals surface area contributed by atoms with Gasteiger partial charge in [0, 0.05) is 44.3 Å². The second-order valence-corrected chi connectivity index (χ2v) is 6.26. The van der Waals surface area contributed by atoms with E-state index in [4.69, 9.17) is 27.1 Å². The van der Waals surface area contributed by atoms with E-state index in [1.807, 2.05) is 0 Å². The van der Waals surface area contributed by atoms with Gasteiger partial charge in [0.2, 0.25) is 5.95 Å². The molecule has 11 heteroatoms. The maximum absolute atomic E-state index is 12.1. The molecule has 4 rings (SSSR count). The van der Waals surface area contributed by atoms with E-state index in [-0.39, 0.29) is 17.5 Å². The quantitative estimate of drug-likeness (QED) is 0.669. The van der Waals surface area contributed by atoms with Gasteiger partial charge >= 0.3 is 0 Å². The maximum atomic E-state index is 12.1. The molecule has 1 aliphatic heterocycles. The van der Waals surface area contributed by atoms with Crippen molar-refractivity contribution < 1.29 is 9.53 Å². The third-order valence-corrected chi connectivity index (χ3v) is 4.61. The highest BCUT2D eigenvalue weighted by Crippen LogP contribution is 2.32. The standard InChI is InChI=1S/C16H17ClN8O2/c1-19-15(26)10-8-25-12(17)11(9-6-20-16(18)21-7-9)23-13(14(25)22-10)24-2-4-27-5-3-24/h6-8H,2-5H2,1H3,(H,19,26)(H2,18,20,21). The molecule has 3 aromatic rings.